The first-order valence-corrected chi connectivity index (χ1v) is 10.1. The predicted molar refractivity (Wildman–Crippen MR) is 95.1 cm³/mol. The van der Waals surface area contributed by atoms with Crippen LogP contribution in [0.4, 0.5) is 4.79 Å². The van der Waals surface area contributed by atoms with Gasteiger partial charge in [-0.3, -0.25) is 14.5 Å². The molecule has 2 fully saturated rings. The first-order chi connectivity index (χ1) is 11.6. The third-order valence-electron chi connectivity index (χ3n) is 4.39. The molecule has 0 aliphatic carbocycles. The summed E-state index contributed by atoms with van der Waals surface area (Å²) in [5.74, 6) is -0.427. The fourth-order valence-electron chi connectivity index (χ4n) is 2.99. The Bertz CT molecular complexity index is 620. The van der Waals surface area contributed by atoms with E-state index in [0.29, 0.717) is 31.4 Å². The topological polar surface area (TPSA) is 60.9 Å². The SMILES string of the molecule is CCN1CCN(C(=O)N2CCS[C@@H](c3cccs3)CC2)C(=O)C1=O. The fourth-order valence-corrected chi connectivity index (χ4v) is 5.23. The number of hydrogen-bond acceptors (Lipinski definition) is 5. The van der Waals surface area contributed by atoms with Crippen molar-refractivity contribution in [3.63, 3.8) is 0 Å². The van der Waals surface area contributed by atoms with Crippen LogP contribution in [0.25, 0.3) is 0 Å². The molecule has 1 atom stereocenters. The predicted octanol–water partition coefficient (Wildman–Crippen LogP) is 2.04. The summed E-state index contributed by atoms with van der Waals surface area (Å²) in [4.78, 5) is 42.5. The molecule has 0 bridgehead atoms. The van der Waals surface area contributed by atoms with Crippen molar-refractivity contribution < 1.29 is 14.4 Å². The van der Waals surface area contributed by atoms with Crippen LogP contribution >= 0.6 is 23.1 Å². The number of amides is 4. The van der Waals surface area contributed by atoms with Crippen LogP contribution in [0.2, 0.25) is 0 Å². The van der Waals surface area contributed by atoms with Gasteiger partial charge in [0.15, 0.2) is 0 Å². The van der Waals surface area contributed by atoms with E-state index in [0.717, 1.165) is 17.1 Å². The van der Waals surface area contributed by atoms with E-state index in [1.165, 1.54) is 9.78 Å². The number of hydrogen-bond donors (Lipinski definition) is 0. The molecular formula is C16H21N3O3S2. The summed E-state index contributed by atoms with van der Waals surface area (Å²) in [6, 6.07) is 3.86. The molecule has 0 saturated carbocycles. The Labute approximate surface area is 149 Å². The fraction of sp³-hybridized carbons (Fsp3) is 0.562. The minimum atomic E-state index is -0.695. The van der Waals surface area contributed by atoms with Crippen LogP contribution < -0.4 is 0 Å². The highest BCUT2D eigenvalue weighted by Gasteiger charge is 2.37. The van der Waals surface area contributed by atoms with Crippen molar-refractivity contribution in [3.05, 3.63) is 22.4 Å². The summed E-state index contributed by atoms with van der Waals surface area (Å²) in [6.07, 6.45) is 0.869. The Morgan fingerprint density at radius 2 is 2.04 bits per heavy atom. The molecule has 4 amide bonds. The highest BCUT2D eigenvalue weighted by molar-refractivity contribution is 7.99. The minimum absolute atomic E-state index is 0.287. The van der Waals surface area contributed by atoms with Crippen molar-refractivity contribution in [3.8, 4) is 0 Å². The van der Waals surface area contributed by atoms with Gasteiger partial charge < -0.3 is 9.80 Å². The molecule has 3 rings (SSSR count). The molecule has 0 aromatic carbocycles. The number of urea groups is 1. The van der Waals surface area contributed by atoms with Gasteiger partial charge in [0.25, 0.3) is 0 Å². The highest BCUT2D eigenvalue weighted by atomic mass is 32.2. The molecular weight excluding hydrogens is 346 g/mol. The molecule has 3 heterocycles. The average molecular weight is 367 g/mol. The summed E-state index contributed by atoms with van der Waals surface area (Å²) in [5, 5.41) is 2.47. The molecule has 2 aliphatic rings. The monoisotopic (exact) mass is 367 g/mol. The Morgan fingerprint density at radius 1 is 1.21 bits per heavy atom. The largest absolute Gasteiger partial charge is 0.333 e. The lowest BCUT2D eigenvalue weighted by Crippen LogP contribution is -2.58. The Balaban J connectivity index is 1.63. The van der Waals surface area contributed by atoms with Crippen molar-refractivity contribution >= 4 is 40.9 Å². The standard InChI is InChI=1S/C16H21N3O3S2/c1-2-17-7-8-19(15(21)14(17)20)16(22)18-6-5-13(24-11-9-18)12-4-3-10-23-12/h3-4,10,13H,2,5-9,11H2,1H3/t13-/m1/s1. The second kappa shape index (κ2) is 7.57. The van der Waals surface area contributed by atoms with Gasteiger partial charge >= 0.3 is 17.8 Å². The lowest BCUT2D eigenvalue weighted by Gasteiger charge is -2.34. The van der Waals surface area contributed by atoms with Gasteiger partial charge in [0.05, 0.1) is 0 Å². The van der Waals surface area contributed by atoms with Gasteiger partial charge in [-0.15, -0.1) is 11.3 Å². The smallest absolute Gasteiger partial charge is 0.327 e. The molecule has 2 aliphatic heterocycles. The van der Waals surface area contributed by atoms with Gasteiger partial charge in [0.1, 0.15) is 0 Å². The molecule has 8 heteroatoms. The van der Waals surface area contributed by atoms with Crippen molar-refractivity contribution in [1.82, 2.24) is 14.7 Å². The maximum absolute atomic E-state index is 12.7. The number of nitrogens with zero attached hydrogens (tertiary/aromatic N) is 3. The van der Waals surface area contributed by atoms with Gasteiger partial charge in [-0.1, -0.05) is 6.07 Å². The number of rotatable bonds is 2. The summed E-state index contributed by atoms with van der Waals surface area (Å²) in [5.41, 5.74) is 0. The zero-order valence-electron chi connectivity index (χ0n) is 13.6. The van der Waals surface area contributed by atoms with Crippen LogP contribution in [0.15, 0.2) is 17.5 Å². The van der Waals surface area contributed by atoms with E-state index in [2.05, 4.69) is 11.4 Å². The number of carbonyl (C=O) groups excluding carboxylic acids is 3. The van der Waals surface area contributed by atoms with E-state index in [4.69, 9.17) is 0 Å². The van der Waals surface area contributed by atoms with Crippen LogP contribution in [0.1, 0.15) is 23.5 Å². The van der Waals surface area contributed by atoms with Crippen LogP contribution in [0, 0.1) is 0 Å². The number of imide groups is 1. The lowest BCUT2D eigenvalue weighted by molar-refractivity contribution is -0.153. The van der Waals surface area contributed by atoms with E-state index in [1.54, 1.807) is 16.2 Å². The second-order valence-electron chi connectivity index (χ2n) is 5.77. The molecule has 0 radical (unpaired) electrons. The lowest BCUT2D eigenvalue weighted by atomic mass is 10.2. The van der Waals surface area contributed by atoms with E-state index in [1.807, 2.05) is 24.8 Å². The van der Waals surface area contributed by atoms with Crippen LogP contribution in [0.3, 0.4) is 0 Å². The van der Waals surface area contributed by atoms with Crippen molar-refractivity contribution in [2.45, 2.75) is 18.6 Å². The average Bonchev–Trinajstić information content (AvgIpc) is 3.01. The number of likely N-dealkylation sites (N-methyl/N-ethyl adjacent to an activating group) is 1. The van der Waals surface area contributed by atoms with Crippen LogP contribution in [-0.4, -0.2) is 71.0 Å². The van der Waals surface area contributed by atoms with E-state index >= 15 is 0 Å². The van der Waals surface area contributed by atoms with Crippen molar-refractivity contribution in [2.24, 2.45) is 0 Å². The normalized spacial score (nSPS) is 22.7. The van der Waals surface area contributed by atoms with Crippen LogP contribution in [-0.2, 0) is 9.59 Å². The maximum Gasteiger partial charge on any atom is 0.327 e. The quantitative estimate of drug-likeness (QED) is 0.751. The first kappa shape index (κ1) is 17.3. The molecule has 130 valence electrons. The molecule has 1 aromatic rings. The highest BCUT2D eigenvalue weighted by Crippen LogP contribution is 2.36. The number of carbonyl (C=O) groups is 3. The van der Waals surface area contributed by atoms with E-state index in [-0.39, 0.29) is 12.6 Å². The summed E-state index contributed by atoms with van der Waals surface area (Å²) in [7, 11) is 0. The molecule has 0 unspecified atom stereocenters. The van der Waals surface area contributed by atoms with E-state index < -0.39 is 11.8 Å². The molecule has 2 saturated heterocycles. The molecule has 24 heavy (non-hydrogen) atoms. The van der Waals surface area contributed by atoms with Crippen molar-refractivity contribution in [1.29, 1.82) is 0 Å². The zero-order chi connectivity index (χ0) is 17.1. The minimum Gasteiger partial charge on any atom is -0.333 e. The molecule has 0 spiro atoms. The number of piperazine rings is 1. The Morgan fingerprint density at radius 3 is 2.75 bits per heavy atom. The van der Waals surface area contributed by atoms with Gasteiger partial charge in [0.2, 0.25) is 0 Å². The Hall–Kier alpha value is -1.54. The van der Waals surface area contributed by atoms with Gasteiger partial charge in [-0.2, -0.15) is 11.8 Å². The molecule has 1 aromatic heterocycles. The number of thioether (sulfide) groups is 1. The van der Waals surface area contributed by atoms with Gasteiger partial charge in [-0.25, -0.2) is 4.79 Å². The van der Waals surface area contributed by atoms with E-state index in [9.17, 15) is 14.4 Å². The third-order valence-corrected chi connectivity index (χ3v) is 6.84. The summed E-state index contributed by atoms with van der Waals surface area (Å²) in [6.45, 7) is 4.27. The maximum atomic E-state index is 12.7. The van der Waals surface area contributed by atoms with Crippen LogP contribution in [0.5, 0.6) is 0 Å². The Kier molecular flexibility index (Phi) is 5.45. The number of thiophene rings is 1. The second-order valence-corrected chi connectivity index (χ2v) is 8.06. The van der Waals surface area contributed by atoms with Crippen molar-refractivity contribution in [2.75, 3.05) is 38.5 Å². The van der Waals surface area contributed by atoms with Gasteiger partial charge in [-0.05, 0) is 24.8 Å². The third kappa shape index (κ3) is 3.44. The first-order valence-electron chi connectivity index (χ1n) is 8.16. The molecule has 0 N–H and O–H groups in total. The summed E-state index contributed by atoms with van der Waals surface area (Å²) >= 11 is 3.59. The van der Waals surface area contributed by atoms with Gasteiger partial charge in [0, 0.05) is 48.6 Å². The zero-order valence-corrected chi connectivity index (χ0v) is 15.3. The molecule has 6 nitrogen and oxygen atoms in total. The summed E-state index contributed by atoms with van der Waals surface area (Å²) < 4.78 is 0.